The molecule has 3 nitrogen and oxygen atoms in total. The van der Waals surface area contributed by atoms with Crippen LogP contribution in [0.25, 0.3) is 0 Å². The molecule has 0 saturated carbocycles. The highest BCUT2D eigenvalue weighted by molar-refractivity contribution is 5.59. The van der Waals surface area contributed by atoms with Crippen LogP contribution in [-0.2, 0) is 6.54 Å². The molecule has 1 aromatic carbocycles. The van der Waals surface area contributed by atoms with Crippen LogP contribution in [0.4, 0.5) is 5.69 Å². The molecule has 1 N–H and O–H groups in total. The Balaban J connectivity index is 2.91. The average Bonchev–Trinajstić information content (AvgIpc) is 2.47. The van der Waals surface area contributed by atoms with E-state index in [-0.39, 0.29) is 0 Å². The lowest BCUT2D eigenvalue weighted by atomic mass is 10.1. The van der Waals surface area contributed by atoms with Crippen LogP contribution >= 0.6 is 0 Å². The van der Waals surface area contributed by atoms with Gasteiger partial charge in [0, 0.05) is 19.6 Å². The van der Waals surface area contributed by atoms with Crippen molar-refractivity contribution in [1.82, 2.24) is 5.32 Å². The van der Waals surface area contributed by atoms with E-state index in [0.29, 0.717) is 6.61 Å². The van der Waals surface area contributed by atoms with E-state index in [2.05, 4.69) is 49.2 Å². The molecule has 0 atom stereocenters. The number of hydrogen-bond donors (Lipinski definition) is 1. The van der Waals surface area contributed by atoms with E-state index < -0.39 is 0 Å². The third-order valence-corrected chi connectivity index (χ3v) is 3.41. The third kappa shape index (κ3) is 5.04. The van der Waals surface area contributed by atoms with Crippen LogP contribution in [0, 0.1) is 0 Å². The van der Waals surface area contributed by atoms with Crippen molar-refractivity contribution in [2.75, 3.05) is 31.1 Å². The highest BCUT2D eigenvalue weighted by Crippen LogP contribution is 2.30. The Morgan fingerprint density at radius 2 is 1.95 bits per heavy atom. The number of hydrogen-bond acceptors (Lipinski definition) is 3. The fraction of sp³-hybridized carbons (Fsp3) is 0.647. The number of nitrogens with zero attached hydrogens (tertiary/aromatic N) is 1. The van der Waals surface area contributed by atoms with Crippen LogP contribution in [0.5, 0.6) is 5.75 Å². The summed E-state index contributed by atoms with van der Waals surface area (Å²) in [5.41, 5.74) is 2.51. The fourth-order valence-corrected chi connectivity index (χ4v) is 2.27. The van der Waals surface area contributed by atoms with Gasteiger partial charge in [0.25, 0.3) is 0 Å². The normalized spacial score (nSPS) is 10.6. The summed E-state index contributed by atoms with van der Waals surface area (Å²) in [6.45, 7) is 13.3. The molecule has 0 radical (unpaired) electrons. The molecule has 1 aromatic rings. The maximum atomic E-state index is 5.85. The van der Waals surface area contributed by atoms with E-state index in [9.17, 15) is 0 Å². The molecule has 0 saturated heterocycles. The van der Waals surface area contributed by atoms with Crippen LogP contribution < -0.4 is 15.0 Å². The summed E-state index contributed by atoms with van der Waals surface area (Å²) in [7, 11) is 0. The monoisotopic (exact) mass is 278 g/mol. The quantitative estimate of drug-likeness (QED) is 0.704. The van der Waals surface area contributed by atoms with Crippen molar-refractivity contribution in [3.8, 4) is 5.75 Å². The van der Waals surface area contributed by atoms with Gasteiger partial charge < -0.3 is 15.0 Å². The third-order valence-electron chi connectivity index (χ3n) is 3.41. The summed E-state index contributed by atoms with van der Waals surface area (Å²) in [6, 6.07) is 6.59. The zero-order valence-electron chi connectivity index (χ0n) is 13.5. The van der Waals surface area contributed by atoms with Crippen molar-refractivity contribution in [2.24, 2.45) is 0 Å². The number of ether oxygens (including phenoxy) is 1. The van der Waals surface area contributed by atoms with Gasteiger partial charge >= 0.3 is 0 Å². The summed E-state index contributed by atoms with van der Waals surface area (Å²) < 4.78 is 5.85. The summed E-state index contributed by atoms with van der Waals surface area (Å²) in [4.78, 5) is 2.41. The molecule has 0 spiro atoms. The average molecular weight is 278 g/mol. The predicted molar refractivity (Wildman–Crippen MR) is 87.8 cm³/mol. The molecular formula is C17H30N2O. The van der Waals surface area contributed by atoms with Gasteiger partial charge in [0.15, 0.2) is 0 Å². The largest absolute Gasteiger partial charge is 0.492 e. The molecule has 0 unspecified atom stereocenters. The van der Waals surface area contributed by atoms with E-state index in [4.69, 9.17) is 4.74 Å². The summed E-state index contributed by atoms with van der Waals surface area (Å²) in [6.07, 6.45) is 2.44. The topological polar surface area (TPSA) is 24.5 Å². The Kier molecular flexibility index (Phi) is 8.12. The highest BCUT2D eigenvalue weighted by Gasteiger charge is 2.11. The highest BCUT2D eigenvalue weighted by atomic mass is 16.5. The minimum absolute atomic E-state index is 0.711. The number of benzene rings is 1. The molecule has 0 aliphatic rings. The molecule has 20 heavy (non-hydrogen) atoms. The Morgan fingerprint density at radius 1 is 1.15 bits per heavy atom. The van der Waals surface area contributed by atoms with E-state index in [0.717, 1.165) is 31.9 Å². The molecular weight excluding hydrogens is 248 g/mol. The van der Waals surface area contributed by atoms with Gasteiger partial charge in [-0.1, -0.05) is 26.3 Å². The minimum atomic E-state index is 0.711. The van der Waals surface area contributed by atoms with Crippen molar-refractivity contribution < 1.29 is 4.74 Å². The maximum Gasteiger partial charge on any atom is 0.142 e. The van der Waals surface area contributed by atoms with Gasteiger partial charge in [-0.2, -0.15) is 0 Å². The molecule has 0 heterocycles. The van der Waals surface area contributed by atoms with Gasteiger partial charge in [-0.25, -0.2) is 0 Å². The van der Waals surface area contributed by atoms with Crippen molar-refractivity contribution in [1.29, 1.82) is 0 Å². The van der Waals surface area contributed by atoms with E-state index in [1.54, 1.807) is 0 Å². The lowest BCUT2D eigenvalue weighted by molar-refractivity contribution is 0.340. The zero-order valence-corrected chi connectivity index (χ0v) is 13.5. The van der Waals surface area contributed by atoms with Gasteiger partial charge in [-0.15, -0.1) is 0 Å². The van der Waals surface area contributed by atoms with Gasteiger partial charge in [0.2, 0.25) is 0 Å². The lowest BCUT2D eigenvalue weighted by Crippen LogP contribution is -2.24. The zero-order chi connectivity index (χ0) is 14.8. The Hall–Kier alpha value is -1.22. The number of unbranched alkanes of at least 4 members (excludes halogenated alkanes) is 1. The van der Waals surface area contributed by atoms with Crippen molar-refractivity contribution in [3.05, 3.63) is 23.8 Å². The first-order valence-corrected chi connectivity index (χ1v) is 7.98. The lowest BCUT2D eigenvalue weighted by Gasteiger charge is -2.25. The molecule has 0 amide bonds. The number of anilines is 1. The predicted octanol–water partition coefficient (Wildman–Crippen LogP) is 3.82. The van der Waals surface area contributed by atoms with Gasteiger partial charge in [-0.3, -0.25) is 0 Å². The number of rotatable bonds is 10. The van der Waals surface area contributed by atoms with Crippen LogP contribution in [0.1, 0.15) is 46.1 Å². The van der Waals surface area contributed by atoms with Crippen molar-refractivity contribution in [2.45, 2.75) is 47.1 Å². The van der Waals surface area contributed by atoms with Gasteiger partial charge in [0.05, 0.1) is 12.3 Å². The fourth-order valence-electron chi connectivity index (χ4n) is 2.27. The molecule has 0 aromatic heterocycles. The molecule has 0 aliphatic carbocycles. The van der Waals surface area contributed by atoms with Crippen LogP contribution in [0.2, 0.25) is 0 Å². The first kappa shape index (κ1) is 16.8. The Bertz CT molecular complexity index is 379. The molecule has 3 heteroatoms. The smallest absolute Gasteiger partial charge is 0.142 e. The first-order chi connectivity index (χ1) is 9.76. The molecule has 1 rings (SSSR count). The van der Waals surface area contributed by atoms with Gasteiger partial charge in [0.1, 0.15) is 5.75 Å². The summed E-state index contributed by atoms with van der Waals surface area (Å²) in [5, 5.41) is 3.36. The van der Waals surface area contributed by atoms with E-state index in [1.807, 2.05) is 6.92 Å². The second-order valence-electron chi connectivity index (χ2n) is 4.95. The Morgan fingerprint density at radius 3 is 2.55 bits per heavy atom. The van der Waals surface area contributed by atoms with Gasteiger partial charge in [-0.05, 0) is 44.5 Å². The molecule has 0 bridgehead atoms. The molecule has 0 aliphatic heterocycles. The molecule has 0 fully saturated rings. The minimum Gasteiger partial charge on any atom is -0.492 e. The molecule has 114 valence electrons. The van der Waals surface area contributed by atoms with Crippen LogP contribution in [-0.4, -0.2) is 26.2 Å². The van der Waals surface area contributed by atoms with Crippen molar-refractivity contribution >= 4 is 5.69 Å². The summed E-state index contributed by atoms with van der Waals surface area (Å²) >= 11 is 0. The van der Waals surface area contributed by atoms with Crippen molar-refractivity contribution in [3.63, 3.8) is 0 Å². The Labute approximate surface area is 124 Å². The SMILES string of the molecule is CCCCN(CC)c1ccc(CNCC)cc1OCC. The van der Waals surface area contributed by atoms with E-state index >= 15 is 0 Å². The summed E-state index contributed by atoms with van der Waals surface area (Å²) in [5.74, 6) is 1.01. The number of nitrogens with one attached hydrogen (secondary N) is 1. The van der Waals surface area contributed by atoms with E-state index in [1.165, 1.54) is 24.1 Å². The standard InChI is InChI=1S/C17H30N2O/c1-5-9-12-19(7-3)16-11-10-15(14-18-6-2)13-17(16)20-8-4/h10-11,13,18H,5-9,12,14H2,1-4H3. The van der Waals surface area contributed by atoms with Crippen LogP contribution in [0.3, 0.4) is 0 Å². The first-order valence-electron chi connectivity index (χ1n) is 7.98. The second-order valence-corrected chi connectivity index (χ2v) is 4.95. The van der Waals surface area contributed by atoms with Crippen LogP contribution in [0.15, 0.2) is 18.2 Å². The second kappa shape index (κ2) is 9.65. The maximum absolute atomic E-state index is 5.85.